The van der Waals surface area contributed by atoms with Gasteiger partial charge in [0.05, 0.1) is 0 Å². The Balaban J connectivity index is 2.52. The molecule has 0 unspecified atom stereocenters. The second-order valence-corrected chi connectivity index (χ2v) is 4.27. The molecule has 0 atom stereocenters. The standard InChI is InChI=1S/C12H19NO/c1-4-10-5-7-11(8-6-10)14-9-12(2,3)13/h5-8H,4,9,13H2,1-3H3. The molecule has 0 aliphatic carbocycles. The predicted octanol–water partition coefficient (Wildman–Crippen LogP) is 2.37. The molecule has 0 radical (unpaired) electrons. The van der Waals surface area contributed by atoms with Crippen LogP contribution in [0.4, 0.5) is 0 Å². The van der Waals surface area contributed by atoms with Gasteiger partial charge in [-0.2, -0.15) is 0 Å². The molecule has 0 saturated carbocycles. The topological polar surface area (TPSA) is 35.2 Å². The lowest BCUT2D eigenvalue weighted by atomic mass is 10.1. The van der Waals surface area contributed by atoms with E-state index in [-0.39, 0.29) is 5.54 Å². The number of benzene rings is 1. The molecule has 2 heteroatoms. The Morgan fingerprint density at radius 1 is 1.21 bits per heavy atom. The molecular weight excluding hydrogens is 174 g/mol. The molecule has 0 saturated heterocycles. The number of hydrogen-bond acceptors (Lipinski definition) is 2. The van der Waals surface area contributed by atoms with Crippen molar-refractivity contribution in [1.82, 2.24) is 0 Å². The first kappa shape index (κ1) is 11.1. The summed E-state index contributed by atoms with van der Waals surface area (Å²) in [5, 5.41) is 0. The molecule has 0 fully saturated rings. The highest BCUT2D eigenvalue weighted by Gasteiger charge is 2.10. The van der Waals surface area contributed by atoms with Crippen LogP contribution in [-0.2, 0) is 6.42 Å². The summed E-state index contributed by atoms with van der Waals surface area (Å²) in [4.78, 5) is 0. The summed E-state index contributed by atoms with van der Waals surface area (Å²) in [6, 6.07) is 8.15. The fourth-order valence-electron chi connectivity index (χ4n) is 1.09. The Hall–Kier alpha value is -1.02. The van der Waals surface area contributed by atoms with Crippen LogP contribution in [0.1, 0.15) is 26.3 Å². The van der Waals surface area contributed by atoms with E-state index in [4.69, 9.17) is 10.5 Å². The third kappa shape index (κ3) is 3.79. The fraction of sp³-hybridized carbons (Fsp3) is 0.500. The maximum absolute atomic E-state index is 5.81. The van der Waals surface area contributed by atoms with Gasteiger partial charge in [0.15, 0.2) is 0 Å². The van der Waals surface area contributed by atoms with Gasteiger partial charge in [-0.05, 0) is 38.0 Å². The molecule has 1 aromatic carbocycles. The van der Waals surface area contributed by atoms with Crippen molar-refractivity contribution in [2.24, 2.45) is 5.73 Å². The lowest BCUT2D eigenvalue weighted by molar-refractivity contribution is 0.243. The van der Waals surface area contributed by atoms with Crippen molar-refractivity contribution in [3.8, 4) is 5.75 Å². The van der Waals surface area contributed by atoms with Crippen molar-refractivity contribution in [3.05, 3.63) is 29.8 Å². The van der Waals surface area contributed by atoms with E-state index in [1.54, 1.807) is 0 Å². The summed E-state index contributed by atoms with van der Waals surface area (Å²) in [5.41, 5.74) is 6.86. The van der Waals surface area contributed by atoms with E-state index in [0.29, 0.717) is 6.61 Å². The van der Waals surface area contributed by atoms with Crippen LogP contribution in [0, 0.1) is 0 Å². The zero-order valence-corrected chi connectivity index (χ0v) is 9.21. The molecule has 0 spiro atoms. The SMILES string of the molecule is CCc1ccc(OCC(C)(C)N)cc1. The molecule has 0 amide bonds. The van der Waals surface area contributed by atoms with Crippen molar-refractivity contribution in [3.63, 3.8) is 0 Å². The highest BCUT2D eigenvalue weighted by atomic mass is 16.5. The van der Waals surface area contributed by atoms with Crippen LogP contribution in [0.2, 0.25) is 0 Å². The third-order valence-corrected chi connectivity index (χ3v) is 1.94. The largest absolute Gasteiger partial charge is 0.492 e. The van der Waals surface area contributed by atoms with Gasteiger partial charge in [0.25, 0.3) is 0 Å². The van der Waals surface area contributed by atoms with Gasteiger partial charge in [-0.15, -0.1) is 0 Å². The minimum atomic E-state index is -0.274. The van der Waals surface area contributed by atoms with E-state index in [9.17, 15) is 0 Å². The lowest BCUT2D eigenvalue weighted by Gasteiger charge is -2.18. The summed E-state index contributed by atoms with van der Waals surface area (Å²) in [5.74, 6) is 0.890. The Morgan fingerprint density at radius 2 is 1.79 bits per heavy atom. The molecule has 0 bridgehead atoms. The zero-order chi connectivity index (χ0) is 10.6. The molecular formula is C12H19NO. The summed E-state index contributed by atoms with van der Waals surface area (Å²) < 4.78 is 5.54. The minimum absolute atomic E-state index is 0.274. The zero-order valence-electron chi connectivity index (χ0n) is 9.21. The molecule has 1 aromatic rings. The van der Waals surface area contributed by atoms with Crippen molar-refractivity contribution in [1.29, 1.82) is 0 Å². The van der Waals surface area contributed by atoms with Crippen LogP contribution >= 0.6 is 0 Å². The Bertz CT molecular complexity index is 271. The van der Waals surface area contributed by atoms with E-state index in [1.807, 2.05) is 26.0 Å². The van der Waals surface area contributed by atoms with Gasteiger partial charge in [-0.25, -0.2) is 0 Å². The van der Waals surface area contributed by atoms with Gasteiger partial charge in [0.1, 0.15) is 12.4 Å². The van der Waals surface area contributed by atoms with E-state index in [1.165, 1.54) is 5.56 Å². The average Bonchev–Trinajstić information content (AvgIpc) is 2.14. The highest BCUT2D eigenvalue weighted by Crippen LogP contribution is 2.13. The van der Waals surface area contributed by atoms with Crippen molar-refractivity contribution < 1.29 is 4.74 Å². The predicted molar refractivity (Wildman–Crippen MR) is 59.6 cm³/mol. The molecule has 0 aliphatic rings. The maximum atomic E-state index is 5.81. The van der Waals surface area contributed by atoms with Gasteiger partial charge in [0, 0.05) is 5.54 Å². The highest BCUT2D eigenvalue weighted by molar-refractivity contribution is 5.27. The van der Waals surface area contributed by atoms with Crippen LogP contribution in [0.15, 0.2) is 24.3 Å². The van der Waals surface area contributed by atoms with Crippen LogP contribution in [0.3, 0.4) is 0 Å². The van der Waals surface area contributed by atoms with Crippen molar-refractivity contribution in [2.75, 3.05) is 6.61 Å². The van der Waals surface area contributed by atoms with Gasteiger partial charge >= 0.3 is 0 Å². The first-order chi connectivity index (χ1) is 6.51. The van der Waals surface area contributed by atoms with E-state index >= 15 is 0 Å². The Kier molecular flexibility index (Phi) is 3.53. The number of hydrogen-bond donors (Lipinski definition) is 1. The van der Waals surface area contributed by atoms with Crippen LogP contribution in [0.25, 0.3) is 0 Å². The summed E-state index contributed by atoms with van der Waals surface area (Å²) in [6.45, 7) is 6.58. The van der Waals surface area contributed by atoms with Gasteiger partial charge in [0.2, 0.25) is 0 Å². The van der Waals surface area contributed by atoms with Gasteiger partial charge < -0.3 is 10.5 Å². The Labute approximate surface area is 86.1 Å². The molecule has 14 heavy (non-hydrogen) atoms. The normalized spacial score (nSPS) is 11.4. The fourth-order valence-corrected chi connectivity index (χ4v) is 1.09. The molecule has 78 valence electrons. The second kappa shape index (κ2) is 4.47. The molecule has 2 nitrogen and oxygen atoms in total. The first-order valence-corrected chi connectivity index (χ1v) is 5.02. The van der Waals surface area contributed by atoms with Crippen molar-refractivity contribution >= 4 is 0 Å². The molecule has 1 rings (SSSR count). The third-order valence-electron chi connectivity index (χ3n) is 1.94. The molecule has 0 aliphatic heterocycles. The van der Waals surface area contributed by atoms with Crippen molar-refractivity contribution in [2.45, 2.75) is 32.7 Å². The molecule has 0 aromatic heterocycles. The maximum Gasteiger partial charge on any atom is 0.119 e. The smallest absolute Gasteiger partial charge is 0.119 e. The molecule has 2 N–H and O–H groups in total. The number of rotatable bonds is 4. The minimum Gasteiger partial charge on any atom is -0.492 e. The van der Waals surface area contributed by atoms with Gasteiger partial charge in [-0.1, -0.05) is 19.1 Å². The van der Waals surface area contributed by atoms with Crippen LogP contribution in [0.5, 0.6) is 5.75 Å². The number of nitrogens with two attached hydrogens (primary N) is 1. The summed E-state index contributed by atoms with van der Waals surface area (Å²) >= 11 is 0. The average molecular weight is 193 g/mol. The first-order valence-electron chi connectivity index (χ1n) is 5.02. The summed E-state index contributed by atoms with van der Waals surface area (Å²) in [7, 11) is 0. The van der Waals surface area contributed by atoms with Gasteiger partial charge in [-0.3, -0.25) is 0 Å². The molecule has 0 heterocycles. The Morgan fingerprint density at radius 3 is 2.21 bits per heavy atom. The summed E-state index contributed by atoms with van der Waals surface area (Å²) in [6.07, 6.45) is 1.06. The van der Waals surface area contributed by atoms with E-state index in [2.05, 4.69) is 19.1 Å². The van der Waals surface area contributed by atoms with Crippen LogP contribution < -0.4 is 10.5 Å². The van der Waals surface area contributed by atoms with E-state index < -0.39 is 0 Å². The lowest BCUT2D eigenvalue weighted by Crippen LogP contribution is -2.38. The quantitative estimate of drug-likeness (QED) is 0.796. The van der Waals surface area contributed by atoms with E-state index in [0.717, 1.165) is 12.2 Å². The monoisotopic (exact) mass is 193 g/mol. The van der Waals surface area contributed by atoms with Crippen LogP contribution in [-0.4, -0.2) is 12.1 Å². The second-order valence-electron chi connectivity index (χ2n) is 4.27. The number of aryl methyl sites for hydroxylation is 1. The number of ether oxygens (including phenoxy) is 1.